The molecule has 0 saturated carbocycles. The fraction of sp³-hybridized carbons (Fsp3) is 0.333. The Morgan fingerprint density at radius 2 is 2.50 bits per heavy atom. The van der Waals surface area contributed by atoms with Crippen molar-refractivity contribution in [3.63, 3.8) is 0 Å². The predicted octanol–water partition coefficient (Wildman–Crippen LogP) is 1.41. The standard InChI is InChI=1S/C6H8N2OS/c1-4-3-6(8-10-4)7-5(2)9/h3H,1-2H3,(H,7,8,9). The number of carbonyl (C=O) groups is 1. The molecule has 0 aliphatic carbocycles. The highest BCUT2D eigenvalue weighted by atomic mass is 32.1. The van der Waals surface area contributed by atoms with Gasteiger partial charge in [0.05, 0.1) is 0 Å². The lowest BCUT2D eigenvalue weighted by Crippen LogP contribution is -2.05. The van der Waals surface area contributed by atoms with E-state index >= 15 is 0 Å². The molecule has 0 radical (unpaired) electrons. The van der Waals surface area contributed by atoms with Crippen molar-refractivity contribution in [3.8, 4) is 0 Å². The number of hydrogen-bond donors (Lipinski definition) is 1. The monoisotopic (exact) mass is 156 g/mol. The summed E-state index contributed by atoms with van der Waals surface area (Å²) in [6.07, 6.45) is 0. The molecule has 3 nitrogen and oxygen atoms in total. The molecule has 4 heteroatoms. The van der Waals surface area contributed by atoms with E-state index in [0.717, 1.165) is 4.88 Å². The molecule has 0 aliphatic heterocycles. The molecule has 0 bridgehead atoms. The highest BCUT2D eigenvalue weighted by molar-refractivity contribution is 7.06. The number of aromatic nitrogens is 1. The Morgan fingerprint density at radius 1 is 1.80 bits per heavy atom. The zero-order chi connectivity index (χ0) is 7.56. The van der Waals surface area contributed by atoms with E-state index in [1.807, 2.05) is 13.0 Å². The van der Waals surface area contributed by atoms with Crippen LogP contribution in [0.1, 0.15) is 11.8 Å². The first-order valence-corrected chi connectivity index (χ1v) is 3.67. The molecule has 1 N–H and O–H groups in total. The number of aryl methyl sites for hydroxylation is 1. The first-order valence-electron chi connectivity index (χ1n) is 2.89. The summed E-state index contributed by atoms with van der Waals surface area (Å²) in [7, 11) is 0. The zero-order valence-corrected chi connectivity index (χ0v) is 6.66. The Morgan fingerprint density at radius 3 is 2.90 bits per heavy atom. The minimum absolute atomic E-state index is 0.0784. The third kappa shape index (κ3) is 1.80. The number of rotatable bonds is 1. The molecule has 54 valence electrons. The molecule has 1 aromatic rings. The molecule has 1 amide bonds. The molecule has 0 unspecified atom stereocenters. The number of anilines is 1. The number of carbonyl (C=O) groups excluding carboxylic acids is 1. The first-order chi connectivity index (χ1) is 4.68. The van der Waals surface area contributed by atoms with E-state index in [1.54, 1.807) is 0 Å². The molecule has 0 atom stereocenters. The summed E-state index contributed by atoms with van der Waals surface area (Å²) in [6, 6.07) is 1.84. The van der Waals surface area contributed by atoms with E-state index in [4.69, 9.17) is 0 Å². The van der Waals surface area contributed by atoms with Crippen molar-refractivity contribution in [2.45, 2.75) is 13.8 Å². The second-order valence-electron chi connectivity index (χ2n) is 2.00. The van der Waals surface area contributed by atoms with Gasteiger partial charge < -0.3 is 5.32 Å². The Balaban J connectivity index is 2.67. The maximum Gasteiger partial charge on any atom is 0.222 e. The van der Waals surface area contributed by atoms with E-state index in [0.29, 0.717) is 5.82 Å². The van der Waals surface area contributed by atoms with Gasteiger partial charge in [-0.1, -0.05) is 0 Å². The normalized spacial score (nSPS) is 9.40. The summed E-state index contributed by atoms with van der Waals surface area (Å²) in [5, 5.41) is 2.59. The van der Waals surface area contributed by atoms with Crippen LogP contribution in [0.2, 0.25) is 0 Å². The van der Waals surface area contributed by atoms with Gasteiger partial charge in [-0.3, -0.25) is 4.79 Å². The number of hydrogen-bond acceptors (Lipinski definition) is 3. The van der Waals surface area contributed by atoms with Crippen molar-refractivity contribution in [1.29, 1.82) is 0 Å². The van der Waals surface area contributed by atoms with Crippen molar-refractivity contribution in [3.05, 3.63) is 10.9 Å². The third-order valence-corrected chi connectivity index (χ3v) is 1.63. The van der Waals surface area contributed by atoms with E-state index < -0.39 is 0 Å². The average Bonchev–Trinajstić information content (AvgIpc) is 2.13. The highest BCUT2D eigenvalue weighted by Gasteiger charge is 1.97. The summed E-state index contributed by atoms with van der Waals surface area (Å²) in [6.45, 7) is 3.41. The van der Waals surface area contributed by atoms with Crippen LogP contribution in [0.4, 0.5) is 5.82 Å². The fourth-order valence-electron chi connectivity index (χ4n) is 0.606. The molecule has 1 heterocycles. The maximum absolute atomic E-state index is 10.5. The minimum Gasteiger partial charge on any atom is -0.310 e. The van der Waals surface area contributed by atoms with Crippen molar-refractivity contribution in [2.75, 3.05) is 5.32 Å². The van der Waals surface area contributed by atoms with Gasteiger partial charge in [0.15, 0.2) is 0 Å². The highest BCUT2D eigenvalue weighted by Crippen LogP contribution is 2.11. The lowest BCUT2D eigenvalue weighted by molar-refractivity contribution is -0.114. The van der Waals surface area contributed by atoms with Gasteiger partial charge in [-0.05, 0) is 24.5 Å². The van der Waals surface area contributed by atoms with Gasteiger partial charge in [0, 0.05) is 11.8 Å². The van der Waals surface area contributed by atoms with Crippen LogP contribution < -0.4 is 5.32 Å². The van der Waals surface area contributed by atoms with Crippen molar-refractivity contribution in [1.82, 2.24) is 4.37 Å². The molecular weight excluding hydrogens is 148 g/mol. The summed E-state index contributed by atoms with van der Waals surface area (Å²) >= 11 is 1.38. The molecule has 1 aromatic heterocycles. The quantitative estimate of drug-likeness (QED) is 0.668. The molecule has 0 aromatic carbocycles. The maximum atomic E-state index is 10.5. The van der Waals surface area contributed by atoms with Gasteiger partial charge in [-0.2, -0.15) is 4.37 Å². The van der Waals surface area contributed by atoms with Crippen molar-refractivity contribution >= 4 is 23.3 Å². The summed E-state index contributed by atoms with van der Waals surface area (Å²) in [5.41, 5.74) is 0. The number of nitrogens with one attached hydrogen (secondary N) is 1. The molecule has 1 rings (SSSR count). The molecule has 0 spiro atoms. The molecular formula is C6H8N2OS. The molecule has 0 aliphatic rings. The van der Waals surface area contributed by atoms with Crippen molar-refractivity contribution < 1.29 is 4.79 Å². The van der Waals surface area contributed by atoms with Crippen LogP contribution in [0.15, 0.2) is 6.07 Å². The van der Waals surface area contributed by atoms with Crippen LogP contribution in [-0.4, -0.2) is 10.3 Å². The SMILES string of the molecule is CC(=O)Nc1cc(C)sn1. The summed E-state index contributed by atoms with van der Waals surface area (Å²) < 4.78 is 3.97. The second-order valence-corrected chi connectivity index (χ2v) is 3.01. The molecule has 0 fully saturated rings. The Kier molecular flexibility index (Phi) is 2.01. The van der Waals surface area contributed by atoms with E-state index in [1.165, 1.54) is 18.5 Å². The molecule has 10 heavy (non-hydrogen) atoms. The summed E-state index contributed by atoms with van der Waals surface area (Å²) in [5.74, 6) is 0.570. The van der Waals surface area contributed by atoms with E-state index in [-0.39, 0.29) is 5.91 Å². The van der Waals surface area contributed by atoms with E-state index in [9.17, 15) is 4.79 Å². The van der Waals surface area contributed by atoms with Gasteiger partial charge in [0.2, 0.25) is 5.91 Å². The van der Waals surface area contributed by atoms with Gasteiger partial charge in [0.25, 0.3) is 0 Å². The third-order valence-electron chi connectivity index (χ3n) is 0.932. The van der Waals surface area contributed by atoms with Gasteiger partial charge in [-0.15, -0.1) is 0 Å². The topological polar surface area (TPSA) is 42.0 Å². The van der Waals surface area contributed by atoms with Gasteiger partial charge in [-0.25, -0.2) is 0 Å². The zero-order valence-electron chi connectivity index (χ0n) is 5.84. The Hall–Kier alpha value is -0.900. The predicted molar refractivity (Wildman–Crippen MR) is 41.2 cm³/mol. The van der Waals surface area contributed by atoms with Crippen LogP contribution in [-0.2, 0) is 4.79 Å². The fourth-order valence-corrected chi connectivity index (χ4v) is 1.11. The average molecular weight is 156 g/mol. The van der Waals surface area contributed by atoms with Crippen LogP contribution >= 0.6 is 11.5 Å². The first kappa shape index (κ1) is 7.21. The van der Waals surface area contributed by atoms with Crippen LogP contribution in [0.5, 0.6) is 0 Å². The Labute approximate surface area is 63.2 Å². The Bertz CT molecular complexity index is 244. The smallest absolute Gasteiger partial charge is 0.222 e. The van der Waals surface area contributed by atoms with Gasteiger partial charge >= 0.3 is 0 Å². The molecule has 0 saturated heterocycles. The number of amides is 1. The van der Waals surface area contributed by atoms with Crippen LogP contribution in [0.25, 0.3) is 0 Å². The van der Waals surface area contributed by atoms with Crippen LogP contribution in [0.3, 0.4) is 0 Å². The lowest BCUT2D eigenvalue weighted by atomic mass is 10.5. The minimum atomic E-state index is -0.0784. The van der Waals surface area contributed by atoms with E-state index in [2.05, 4.69) is 9.69 Å². The van der Waals surface area contributed by atoms with Crippen LogP contribution in [0, 0.1) is 6.92 Å². The summed E-state index contributed by atoms with van der Waals surface area (Å²) in [4.78, 5) is 11.6. The lowest BCUT2D eigenvalue weighted by Gasteiger charge is -1.91. The number of nitrogens with zero attached hydrogens (tertiary/aromatic N) is 1. The van der Waals surface area contributed by atoms with Gasteiger partial charge in [0.1, 0.15) is 5.82 Å². The largest absolute Gasteiger partial charge is 0.310 e. The second kappa shape index (κ2) is 2.79. The van der Waals surface area contributed by atoms with Crippen molar-refractivity contribution in [2.24, 2.45) is 0 Å².